The Morgan fingerprint density at radius 2 is 1.70 bits per heavy atom. The molecule has 2 heterocycles. The zero-order valence-corrected chi connectivity index (χ0v) is 25.5. The monoisotopic (exact) mass is 590 g/mol. The summed E-state index contributed by atoms with van der Waals surface area (Å²) in [5.74, 6) is -1.35. The number of aliphatic hydroxyl groups is 2. The molecule has 1 saturated heterocycles. The van der Waals surface area contributed by atoms with E-state index in [0.717, 1.165) is 11.1 Å². The maximum Gasteiger partial charge on any atom is 0.338 e. The maximum absolute atomic E-state index is 13.7. The molecule has 0 radical (unpaired) electrons. The molecule has 2 N–H and O–H groups in total. The first-order chi connectivity index (χ1) is 20.4. The predicted molar refractivity (Wildman–Crippen MR) is 156 cm³/mol. The number of hydrogen-bond donors (Lipinski definition) is 2. The third-order valence-corrected chi connectivity index (χ3v) is 12.7. The first-order valence-electron chi connectivity index (χ1n) is 15.5. The molecule has 2 aromatic rings. The lowest BCUT2D eigenvalue weighted by molar-refractivity contribution is -0.268. The Hall–Kier alpha value is -2.94. The van der Waals surface area contributed by atoms with Gasteiger partial charge in [0.1, 0.15) is 12.2 Å². The van der Waals surface area contributed by atoms with Crippen LogP contribution < -0.4 is 0 Å². The van der Waals surface area contributed by atoms with Gasteiger partial charge in [-0.3, -0.25) is 4.79 Å². The highest BCUT2D eigenvalue weighted by molar-refractivity contribution is 5.89. The zero-order chi connectivity index (χ0) is 30.5. The first-order valence-corrected chi connectivity index (χ1v) is 15.5. The Bertz CT molecular complexity index is 1450. The van der Waals surface area contributed by atoms with Crippen LogP contribution in [0.1, 0.15) is 75.7 Å². The average Bonchev–Trinajstić information content (AvgIpc) is 3.71. The number of benzene rings is 1. The molecule has 43 heavy (non-hydrogen) atoms. The van der Waals surface area contributed by atoms with Gasteiger partial charge in [-0.1, -0.05) is 57.5 Å². The van der Waals surface area contributed by atoms with Gasteiger partial charge in [0.05, 0.1) is 43.0 Å². The summed E-state index contributed by atoms with van der Waals surface area (Å²) in [6.07, 6.45) is 3.78. The highest BCUT2D eigenvalue weighted by Crippen LogP contribution is 2.75. The van der Waals surface area contributed by atoms with Crippen molar-refractivity contribution >= 4 is 11.9 Å². The number of carbonyl (C=O) groups is 2. The van der Waals surface area contributed by atoms with Crippen molar-refractivity contribution in [2.45, 2.75) is 90.3 Å². The molecule has 4 aliphatic carbocycles. The summed E-state index contributed by atoms with van der Waals surface area (Å²) in [7, 11) is 0. The minimum atomic E-state index is -0.875. The van der Waals surface area contributed by atoms with Gasteiger partial charge in [0.25, 0.3) is 0 Å². The zero-order valence-electron chi connectivity index (χ0n) is 25.5. The van der Waals surface area contributed by atoms with E-state index < -0.39 is 64.1 Å². The molecule has 8 nitrogen and oxygen atoms in total. The summed E-state index contributed by atoms with van der Waals surface area (Å²) < 4.78 is 24.5. The molecule has 8 heteroatoms. The van der Waals surface area contributed by atoms with E-state index in [1.807, 2.05) is 31.2 Å². The summed E-state index contributed by atoms with van der Waals surface area (Å²) in [6.45, 7) is 10.2. The van der Waals surface area contributed by atoms with E-state index in [2.05, 4.69) is 26.8 Å². The van der Waals surface area contributed by atoms with E-state index in [-0.39, 0.29) is 24.2 Å². The lowest BCUT2D eigenvalue weighted by atomic mass is 9.36. The van der Waals surface area contributed by atoms with Crippen LogP contribution in [0.5, 0.6) is 0 Å². The number of fused-ring (bicyclic) bond motifs is 4. The van der Waals surface area contributed by atoms with E-state index in [1.165, 1.54) is 6.92 Å². The second kappa shape index (κ2) is 9.53. The van der Waals surface area contributed by atoms with E-state index in [1.54, 1.807) is 24.7 Å². The molecule has 1 aromatic carbocycles. The van der Waals surface area contributed by atoms with Gasteiger partial charge in [-0.05, 0) is 42.5 Å². The van der Waals surface area contributed by atoms with Crippen LogP contribution in [0.2, 0.25) is 0 Å². The number of aliphatic hydroxyl groups excluding tert-OH is 2. The maximum atomic E-state index is 13.7. The van der Waals surface area contributed by atoms with Gasteiger partial charge in [0, 0.05) is 46.8 Å². The largest absolute Gasteiger partial charge is 0.472 e. The average molecular weight is 591 g/mol. The van der Waals surface area contributed by atoms with Gasteiger partial charge >= 0.3 is 11.9 Å². The van der Waals surface area contributed by atoms with Crippen LogP contribution in [0.4, 0.5) is 0 Å². The van der Waals surface area contributed by atoms with E-state index >= 15 is 0 Å². The van der Waals surface area contributed by atoms with Crippen LogP contribution >= 0.6 is 0 Å². The van der Waals surface area contributed by atoms with E-state index in [9.17, 15) is 19.8 Å². The molecule has 0 bridgehead atoms. The number of hydrogen-bond acceptors (Lipinski definition) is 8. The fourth-order valence-corrected chi connectivity index (χ4v) is 10.7. The molecule has 12 atom stereocenters. The number of ether oxygens (including phenoxy) is 3. The number of rotatable bonds is 4. The normalized spacial score (nSPS) is 46.3. The standard InChI is InChI=1S/C35H42O8/c1-19(36)42-27-16-25(37)32(2)18-41-28-29(32)35(27,5)24-15-26(43-31(39)20-9-7-6-8-10-20)33(3)22(21-13-14-40-17-21)11-12-23(33)34(24,4)30(28)38/h6-10,12-14,17,22,24-30,37-38H,11,15-16,18H2,1-5H3/t22-,24-,25+,26?,27-,28+,29?,30+,32+,33-,34-,35-/m0/s1. The summed E-state index contributed by atoms with van der Waals surface area (Å²) in [4.78, 5) is 26.2. The fourth-order valence-electron chi connectivity index (χ4n) is 10.7. The SMILES string of the molecule is CC(=O)O[C@H]1C[C@@H](O)[C@@]2(C)CO[C@@H]3C2[C@@]1(C)[C@H]1CC(OC(=O)c2ccccc2)[C@]2(C)C(=CC[C@H]2c2ccoc2)[C@]1(C)[C@@H]3O. The Labute approximate surface area is 252 Å². The molecule has 230 valence electrons. The molecule has 0 spiro atoms. The van der Waals surface area contributed by atoms with Crippen molar-refractivity contribution in [3.05, 3.63) is 71.7 Å². The molecular formula is C35H42O8. The first kappa shape index (κ1) is 28.8. The van der Waals surface area contributed by atoms with Gasteiger partial charge in [-0.2, -0.15) is 0 Å². The minimum absolute atomic E-state index is 0.0301. The summed E-state index contributed by atoms with van der Waals surface area (Å²) in [5, 5.41) is 23.8. The van der Waals surface area contributed by atoms with Crippen molar-refractivity contribution in [1.82, 2.24) is 0 Å². The molecule has 1 aliphatic heterocycles. The van der Waals surface area contributed by atoms with Crippen LogP contribution in [-0.2, 0) is 19.0 Å². The summed E-state index contributed by atoms with van der Waals surface area (Å²) in [6, 6.07) is 11.0. The number of allylic oxidation sites excluding steroid dienone is 1. The van der Waals surface area contributed by atoms with Crippen molar-refractivity contribution in [1.29, 1.82) is 0 Å². The van der Waals surface area contributed by atoms with Crippen LogP contribution in [-0.4, -0.2) is 59.3 Å². The third kappa shape index (κ3) is 3.66. The topological polar surface area (TPSA) is 115 Å². The highest BCUT2D eigenvalue weighted by Gasteiger charge is 2.78. The molecule has 4 fully saturated rings. The molecule has 3 saturated carbocycles. The minimum Gasteiger partial charge on any atom is -0.472 e. The lowest BCUT2D eigenvalue weighted by Gasteiger charge is -2.69. The van der Waals surface area contributed by atoms with Gasteiger partial charge in [-0.25, -0.2) is 4.79 Å². The fraction of sp³-hybridized carbons (Fsp3) is 0.600. The summed E-state index contributed by atoms with van der Waals surface area (Å²) in [5.41, 5.74) is -0.171. The number of furan rings is 1. The Kier molecular flexibility index (Phi) is 6.38. The molecule has 5 aliphatic rings. The Morgan fingerprint density at radius 3 is 2.37 bits per heavy atom. The van der Waals surface area contributed by atoms with Crippen molar-refractivity contribution < 1.29 is 38.4 Å². The third-order valence-electron chi connectivity index (χ3n) is 12.7. The van der Waals surface area contributed by atoms with Crippen molar-refractivity contribution in [3.8, 4) is 0 Å². The quantitative estimate of drug-likeness (QED) is 0.376. The lowest BCUT2D eigenvalue weighted by Crippen LogP contribution is -2.74. The van der Waals surface area contributed by atoms with Crippen molar-refractivity contribution in [2.24, 2.45) is 33.5 Å². The van der Waals surface area contributed by atoms with Crippen molar-refractivity contribution in [3.63, 3.8) is 0 Å². The van der Waals surface area contributed by atoms with E-state index in [0.29, 0.717) is 25.0 Å². The molecule has 0 amide bonds. The van der Waals surface area contributed by atoms with Crippen LogP contribution in [0, 0.1) is 33.5 Å². The Morgan fingerprint density at radius 1 is 0.953 bits per heavy atom. The van der Waals surface area contributed by atoms with E-state index in [4.69, 9.17) is 18.6 Å². The highest BCUT2D eigenvalue weighted by atomic mass is 16.6. The number of carbonyl (C=O) groups excluding carboxylic acids is 2. The second-order valence-corrected chi connectivity index (χ2v) is 14.5. The van der Waals surface area contributed by atoms with Crippen molar-refractivity contribution in [2.75, 3.05) is 6.61 Å². The van der Waals surface area contributed by atoms with Crippen LogP contribution in [0.15, 0.2) is 65.0 Å². The Balaban J connectivity index is 1.40. The van der Waals surface area contributed by atoms with Gasteiger partial charge in [-0.15, -0.1) is 0 Å². The molecule has 2 unspecified atom stereocenters. The second-order valence-electron chi connectivity index (χ2n) is 14.5. The van der Waals surface area contributed by atoms with Crippen LogP contribution in [0.3, 0.4) is 0 Å². The summed E-state index contributed by atoms with van der Waals surface area (Å²) >= 11 is 0. The van der Waals surface area contributed by atoms with Gasteiger partial charge in [0.15, 0.2) is 0 Å². The predicted octanol–water partition coefficient (Wildman–Crippen LogP) is 5.05. The van der Waals surface area contributed by atoms with Crippen LogP contribution in [0.25, 0.3) is 0 Å². The number of esters is 2. The molecular weight excluding hydrogens is 548 g/mol. The molecule has 1 aromatic heterocycles. The molecule has 7 rings (SSSR count). The van der Waals surface area contributed by atoms with Gasteiger partial charge < -0.3 is 28.8 Å². The smallest absolute Gasteiger partial charge is 0.338 e. The van der Waals surface area contributed by atoms with Gasteiger partial charge in [0.2, 0.25) is 0 Å².